The molecule has 0 amide bonds. The van der Waals surface area contributed by atoms with Crippen LogP contribution < -0.4 is 4.90 Å². The molecule has 7 aromatic carbocycles. The van der Waals surface area contributed by atoms with Gasteiger partial charge in [0.05, 0.1) is 11.4 Å². The zero-order valence-electron chi connectivity index (χ0n) is 22.0. The number of hydrogen-bond acceptors (Lipinski definition) is 3. The van der Waals surface area contributed by atoms with Gasteiger partial charge in [0, 0.05) is 38.7 Å². The molecule has 41 heavy (non-hydrogen) atoms. The van der Waals surface area contributed by atoms with E-state index < -0.39 is 0 Å². The van der Waals surface area contributed by atoms with E-state index >= 15 is 0 Å². The maximum absolute atomic E-state index is 6.62. The van der Waals surface area contributed by atoms with E-state index in [2.05, 4.69) is 132 Å². The average molecular weight is 526 g/mol. The molecule has 0 saturated heterocycles. The van der Waals surface area contributed by atoms with Gasteiger partial charge in [-0.05, 0) is 52.6 Å². The van der Waals surface area contributed by atoms with Gasteiger partial charge in [0.1, 0.15) is 16.7 Å². The van der Waals surface area contributed by atoms with Gasteiger partial charge in [-0.3, -0.25) is 0 Å². The zero-order chi connectivity index (χ0) is 26.9. The number of nitrogens with zero attached hydrogens (tertiary/aromatic N) is 1. The van der Waals surface area contributed by atoms with Gasteiger partial charge in [0.2, 0.25) is 0 Å². The molecule has 0 atom stereocenters. The highest BCUT2D eigenvalue weighted by Gasteiger charge is 2.23. The van der Waals surface area contributed by atoms with Crippen LogP contribution in [0.25, 0.3) is 65.4 Å². The molecule has 2 heterocycles. The highest BCUT2D eigenvalue weighted by molar-refractivity contribution is 6.24. The van der Waals surface area contributed by atoms with Crippen LogP contribution in [0.15, 0.2) is 148 Å². The van der Waals surface area contributed by atoms with Crippen LogP contribution in [-0.4, -0.2) is 0 Å². The number of hydrogen-bond donors (Lipinski definition) is 0. The third kappa shape index (κ3) is 3.26. The molecule has 0 aliphatic heterocycles. The molecule has 0 bridgehead atoms. The zero-order valence-corrected chi connectivity index (χ0v) is 22.0. The van der Waals surface area contributed by atoms with Gasteiger partial charge < -0.3 is 13.7 Å². The standard InChI is InChI=1S/C38H23NO2/c1-2-13-26(14-3-1)39(32-19-10-18-30-28-16-8-9-20-34(28)41-38(30)32)33-23-36-37(29-17-7-6-15-27(29)33)31-21-24-11-4-5-12-25(24)22-35(31)40-36/h1-23H. The van der Waals surface area contributed by atoms with E-state index in [1.807, 2.05) is 12.1 Å². The van der Waals surface area contributed by atoms with Crippen LogP contribution in [0.1, 0.15) is 0 Å². The van der Waals surface area contributed by atoms with E-state index in [0.29, 0.717) is 0 Å². The summed E-state index contributed by atoms with van der Waals surface area (Å²) in [5.74, 6) is 0. The SMILES string of the molecule is c1ccc(N(c2cc3oc4cc5ccccc5cc4c3c3ccccc23)c2cccc3c2oc2ccccc23)cc1. The van der Waals surface area contributed by atoms with Crippen molar-refractivity contribution in [2.75, 3.05) is 4.90 Å². The van der Waals surface area contributed by atoms with Crippen LogP contribution in [0.2, 0.25) is 0 Å². The molecule has 0 saturated carbocycles. The summed E-state index contributed by atoms with van der Waals surface area (Å²) in [7, 11) is 0. The lowest BCUT2D eigenvalue weighted by atomic mass is 9.99. The fourth-order valence-electron chi connectivity index (χ4n) is 6.39. The van der Waals surface area contributed by atoms with E-state index in [4.69, 9.17) is 8.83 Å². The van der Waals surface area contributed by atoms with Crippen molar-refractivity contribution in [3.8, 4) is 0 Å². The highest BCUT2D eigenvalue weighted by atomic mass is 16.3. The lowest BCUT2D eigenvalue weighted by Gasteiger charge is -2.27. The minimum absolute atomic E-state index is 0.859. The van der Waals surface area contributed by atoms with Gasteiger partial charge in [0.15, 0.2) is 5.58 Å². The highest BCUT2D eigenvalue weighted by Crippen LogP contribution is 2.47. The third-order valence-corrected chi connectivity index (χ3v) is 8.20. The molecule has 0 fully saturated rings. The predicted molar refractivity (Wildman–Crippen MR) is 171 cm³/mol. The number of furan rings is 2. The van der Waals surface area contributed by atoms with Gasteiger partial charge in [-0.1, -0.05) is 97.1 Å². The summed E-state index contributed by atoms with van der Waals surface area (Å²) in [4.78, 5) is 2.30. The predicted octanol–water partition coefficient (Wildman–Crippen LogP) is 11.3. The van der Waals surface area contributed by atoms with Gasteiger partial charge in [0.25, 0.3) is 0 Å². The van der Waals surface area contributed by atoms with Crippen LogP contribution in [-0.2, 0) is 0 Å². The maximum Gasteiger partial charge on any atom is 0.159 e. The second-order valence-corrected chi connectivity index (χ2v) is 10.5. The van der Waals surface area contributed by atoms with Crippen molar-refractivity contribution in [1.29, 1.82) is 0 Å². The summed E-state index contributed by atoms with van der Waals surface area (Å²) in [6.07, 6.45) is 0. The molecular formula is C38H23NO2. The molecule has 0 radical (unpaired) electrons. The smallest absolute Gasteiger partial charge is 0.159 e. The molecule has 0 unspecified atom stereocenters. The Balaban J connectivity index is 1.41. The second-order valence-electron chi connectivity index (χ2n) is 10.5. The monoisotopic (exact) mass is 525 g/mol. The molecule has 0 spiro atoms. The number of benzene rings is 7. The van der Waals surface area contributed by atoms with Crippen LogP contribution in [0.5, 0.6) is 0 Å². The Morgan fingerprint density at radius 3 is 1.93 bits per heavy atom. The Labute approximate surface area is 235 Å². The fourth-order valence-corrected chi connectivity index (χ4v) is 6.39. The summed E-state index contributed by atoms with van der Waals surface area (Å²) < 4.78 is 13.2. The first-order chi connectivity index (χ1) is 20.3. The molecule has 3 nitrogen and oxygen atoms in total. The summed E-state index contributed by atoms with van der Waals surface area (Å²) >= 11 is 0. The average Bonchev–Trinajstić information content (AvgIpc) is 3.59. The molecule has 9 rings (SSSR count). The molecule has 0 aliphatic carbocycles. The van der Waals surface area contributed by atoms with Crippen molar-refractivity contribution >= 4 is 82.5 Å². The molecule has 3 heteroatoms. The van der Waals surface area contributed by atoms with Gasteiger partial charge in [-0.15, -0.1) is 0 Å². The van der Waals surface area contributed by atoms with Gasteiger partial charge in [-0.2, -0.15) is 0 Å². The second kappa shape index (κ2) is 8.48. The van der Waals surface area contributed by atoms with Crippen LogP contribution >= 0.6 is 0 Å². The lowest BCUT2D eigenvalue weighted by molar-refractivity contribution is 0.668. The Morgan fingerprint density at radius 2 is 1.07 bits per heavy atom. The van der Waals surface area contributed by atoms with E-state index in [1.54, 1.807) is 0 Å². The van der Waals surface area contributed by atoms with E-state index in [-0.39, 0.29) is 0 Å². The lowest BCUT2D eigenvalue weighted by Crippen LogP contribution is -2.10. The Morgan fingerprint density at radius 1 is 0.390 bits per heavy atom. The number of anilines is 3. The molecule has 0 N–H and O–H groups in total. The summed E-state index contributed by atoms with van der Waals surface area (Å²) in [6.45, 7) is 0. The Bertz CT molecular complexity index is 2430. The van der Waals surface area contributed by atoms with Crippen LogP contribution in [0, 0.1) is 0 Å². The minimum atomic E-state index is 0.859. The van der Waals surface area contributed by atoms with Crippen molar-refractivity contribution in [2.45, 2.75) is 0 Å². The fraction of sp³-hybridized carbons (Fsp3) is 0. The maximum atomic E-state index is 6.62. The van der Waals surface area contributed by atoms with E-state index in [9.17, 15) is 0 Å². The van der Waals surface area contributed by atoms with Crippen molar-refractivity contribution in [2.24, 2.45) is 0 Å². The van der Waals surface area contributed by atoms with E-state index in [1.165, 1.54) is 10.8 Å². The summed E-state index contributed by atoms with van der Waals surface area (Å²) in [5.41, 5.74) is 6.57. The van der Waals surface area contributed by atoms with Crippen LogP contribution in [0.4, 0.5) is 17.1 Å². The quantitative estimate of drug-likeness (QED) is 0.230. The Hall–Kier alpha value is -5.54. The topological polar surface area (TPSA) is 29.5 Å². The van der Waals surface area contributed by atoms with Crippen molar-refractivity contribution in [3.63, 3.8) is 0 Å². The first kappa shape index (κ1) is 22.3. The molecule has 192 valence electrons. The number of para-hydroxylation sites is 3. The van der Waals surface area contributed by atoms with Crippen molar-refractivity contribution in [1.82, 2.24) is 0 Å². The largest absolute Gasteiger partial charge is 0.456 e. The molecule has 0 aliphatic rings. The number of fused-ring (bicyclic) bond motifs is 9. The minimum Gasteiger partial charge on any atom is -0.456 e. The first-order valence-corrected chi connectivity index (χ1v) is 13.9. The molecule has 9 aromatic rings. The normalized spacial score (nSPS) is 11.9. The first-order valence-electron chi connectivity index (χ1n) is 13.9. The third-order valence-electron chi connectivity index (χ3n) is 8.20. The number of rotatable bonds is 3. The van der Waals surface area contributed by atoms with E-state index in [0.717, 1.165) is 71.7 Å². The van der Waals surface area contributed by atoms with Gasteiger partial charge >= 0.3 is 0 Å². The van der Waals surface area contributed by atoms with Gasteiger partial charge in [-0.25, -0.2) is 0 Å². The van der Waals surface area contributed by atoms with Crippen LogP contribution in [0.3, 0.4) is 0 Å². The van der Waals surface area contributed by atoms with Crippen molar-refractivity contribution < 1.29 is 8.83 Å². The Kier molecular flexibility index (Phi) is 4.61. The molecular weight excluding hydrogens is 502 g/mol. The van der Waals surface area contributed by atoms with Crippen molar-refractivity contribution in [3.05, 3.63) is 140 Å². The molecule has 2 aromatic heterocycles. The summed E-state index contributed by atoms with van der Waals surface area (Å²) in [5, 5.41) is 9.16. The summed E-state index contributed by atoms with van der Waals surface area (Å²) in [6, 6.07) is 48.8.